The predicted octanol–water partition coefficient (Wildman–Crippen LogP) is 1.71. The van der Waals surface area contributed by atoms with E-state index in [4.69, 9.17) is 5.73 Å². The molecule has 1 atom stereocenters. The Kier molecular flexibility index (Phi) is 4.59. The molecule has 20 heavy (non-hydrogen) atoms. The molecule has 1 aromatic carbocycles. The molecule has 5 heteroatoms. The van der Waals surface area contributed by atoms with Crippen LogP contribution in [0.3, 0.4) is 0 Å². The number of benzene rings is 1. The Labute approximate surface area is 120 Å². The van der Waals surface area contributed by atoms with E-state index in [0.29, 0.717) is 11.3 Å². The second kappa shape index (κ2) is 6.40. The molecule has 0 saturated carbocycles. The lowest BCUT2D eigenvalue weighted by molar-refractivity contribution is 0.506. The van der Waals surface area contributed by atoms with Gasteiger partial charge in [-0.15, -0.1) is 0 Å². The third-order valence-electron chi connectivity index (χ3n) is 3.35. The van der Waals surface area contributed by atoms with Gasteiger partial charge in [0.2, 0.25) is 0 Å². The molecule has 1 saturated heterocycles. The minimum atomic E-state index is 0.223. The van der Waals surface area contributed by atoms with Gasteiger partial charge in [0.05, 0.1) is 17.6 Å². The van der Waals surface area contributed by atoms with Gasteiger partial charge in [-0.2, -0.15) is 5.26 Å². The highest BCUT2D eigenvalue weighted by Gasteiger charge is 2.17. The molecule has 0 spiro atoms. The number of nitriles is 1. The summed E-state index contributed by atoms with van der Waals surface area (Å²) in [5, 5.41) is 9.28. The summed E-state index contributed by atoms with van der Waals surface area (Å²) in [6, 6.07) is 8.26. The quantitative estimate of drug-likeness (QED) is 0.671. The highest BCUT2D eigenvalue weighted by Crippen LogP contribution is 2.26. The number of rotatable bonds is 3. The molecule has 1 heterocycles. The molecule has 1 aliphatic heterocycles. The van der Waals surface area contributed by atoms with E-state index < -0.39 is 0 Å². The van der Waals surface area contributed by atoms with Crippen molar-refractivity contribution in [1.82, 2.24) is 4.90 Å². The van der Waals surface area contributed by atoms with Crippen LogP contribution in [0.1, 0.15) is 18.4 Å². The molecule has 106 valence electrons. The Morgan fingerprint density at radius 1 is 1.50 bits per heavy atom. The first-order chi connectivity index (χ1) is 9.60. The average molecular weight is 271 g/mol. The normalized spacial score (nSPS) is 19.1. The fourth-order valence-corrected chi connectivity index (χ4v) is 2.35. The van der Waals surface area contributed by atoms with Gasteiger partial charge >= 0.3 is 0 Å². The Morgan fingerprint density at radius 3 is 2.95 bits per heavy atom. The van der Waals surface area contributed by atoms with E-state index in [-0.39, 0.29) is 6.04 Å². The number of hydrogen-bond donors (Lipinski definition) is 1. The van der Waals surface area contributed by atoms with Crippen molar-refractivity contribution in [2.75, 3.05) is 32.1 Å². The van der Waals surface area contributed by atoms with Crippen molar-refractivity contribution in [1.29, 1.82) is 5.26 Å². The van der Waals surface area contributed by atoms with Crippen LogP contribution in [-0.2, 0) is 0 Å². The van der Waals surface area contributed by atoms with E-state index in [1.165, 1.54) is 0 Å². The number of piperidine rings is 1. The van der Waals surface area contributed by atoms with Gasteiger partial charge in [0.25, 0.3) is 0 Å². The molecule has 0 aromatic heterocycles. The standard InChI is InChI=1S/C15H21N5/c1-19(2)11-18-15-6-5-14(8-12(15)9-16)20-7-3-4-13(17)10-20/h5-6,8,11,13H,3-4,7,10,17H2,1-2H3/b18-11+. The minimum Gasteiger partial charge on any atom is -0.370 e. The summed E-state index contributed by atoms with van der Waals surface area (Å²) in [4.78, 5) is 8.40. The Balaban J connectivity index is 2.23. The molecular weight excluding hydrogens is 250 g/mol. The molecule has 0 radical (unpaired) electrons. The van der Waals surface area contributed by atoms with Crippen LogP contribution < -0.4 is 10.6 Å². The maximum Gasteiger partial charge on any atom is 0.101 e. The first kappa shape index (κ1) is 14.4. The van der Waals surface area contributed by atoms with Crippen LogP contribution in [0.25, 0.3) is 0 Å². The summed E-state index contributed by atoms with van der Waals surface area (Å²) in [7, 11) is 3.80. The first-order valence-electron chi connectivity index (χ1n) is 6.85. The maximum atomic E-state index is 9.28. The van der Waals surface area contributed by atoms with E-state index in [9.17, 15) is 5.26 Å². The monoisotopic (exact) mass is 271 g/mol. The van der Waals surface area contributed by atoms with Crippen LogP contribution in [0.2, 0.25) is 0 Å². The van der Waals surface area contributed by atoms with Gasteiger partial charge in [0.1, 0.15) is 6.07 Å². The van der Waals surface area contributed by atoms with Crippen LogP contribution in [0.4, 0.5) is 11.4 Å². The zero-order valence-corrected chi connectivity index (χ0v) is 12.1. The highest BCUT2D eigenvalue weighted by molar-refractivity contribution is 5.68. The summed E-state index contributed by atoms with van der Waals surface area (Å²) in [5.41, 5.74) is 8.36. The van der Waals surface area contributed by atoms with Gasteiger partial charge in [-0.25, -0.2) is 4.99 Å². The Hall–Kier alpha value is -2.06. The fraction of sp³-hybridized carbons (Fsp3) is 0.467. The van der Waals surface area contributed by atoms with Gasteiger partial charge in [-0.1, -0.05) is 0 Å². The minimum absolute atomic E-state index is 0.223. The van der Waals surface area contributed by atoms with Crippen LogP contribution in [0.15, 0.2) is 23.2 Å². The zero-order chi connectivity index (χ0) is 14.5. The lowest BCUT2D eigenvalue weighted by Crippen LogP contribution is -2.42. The average Bonchev–Trinajstić information content (AvgIpc) is 2.44. The molecule has 0 bridgehead atoms. The van der Waals surface area contributed by atoms with Crippen LogP contribution >= 0.6 is 0 Å². The van der Waals surface area contributed by atoms with Gasteiger partial charge in [0, 0.05) is 38.9 Å². The van der Waals surface area contributed by atoms with Crippen molar-refractivity contribution < 1.29 is 0 Å². The molecule has 1 unspecified atom stereocenters. The Bertz CT molecular complexity index is 530. The molecule has 5 nitrogen and oxygen atoms in total. The lowest BCUT2D eigenvalue weighted by atomic mass is 10.0. The van der Waals surface area contributed by atoms with E-state index >= 15 is 0 Å². The molecule has 0 amide bonds. The SMILES string of the molecule is CN(C)/C=N/c1ccc(N2CCCC(N)C2)cc1C#N. The number of nitrogens with zero attached hydrogens (tertiary/aromatic N) is 4. The summed E-state index contributed by atoms with van der Waals surface area (Å²) in [6.45, 7) is 1.85. The van der Waals surface area contributed by atoms with Crippen LogP contribution in [-0.4, -0.2) is 44.5 Å². The van der Waals surface area contributed by atoms with E-state index in [1.807, 2.05) is 37.2 Å². The largest absolute Gasteiger partial charge is 0.370 e. The molecule has 2 N–H and O–H groups in total. The second-order valence-corrected chi connectivity index (χ2v) is 5.37. The second-order valence-electron chi connectivity index (χ2n) is 5.37. The van der Waals surface area contributed by atoms with Gasteiger partial charge in [-0.05, 0) is 31.0 Å². The lowest BCUT2D eigenvalue weighted by Gasteiger charge is -2.32. The maximum absolute atomic E-state index is 9.28. The molecule has 2 rings (SSSR count). The van der Waals surface area contributed by atoms with Crippen molar-refractivity contribution in [3.05, 3.63) is 23.8 Å². The van der Waals surface area contributed by atoms with Crippen molar-refractivity contribution in [3.63, 3.8) is 0 Å². The smallest absolute Gasteiger partial charge is 0.101 e. The number of anilines is 1. The number of hydrogen-bond acceptors (Lipinski definition) is 4. The first-order valence-corrected chi connectivity index (χ1v) is 6.85. The number of nitrogens with two attached hydrogens (primary N) is 1. The van der Waals surface area contributed by atoms with Crippen molar-refractivity contribution >= 4 is 17.7 Å². The van der Waals surface area contributed by atoms with E-state index in [2.05, 4.69) is 16.0 Å². The van der Waals surface area contributed by atoms with Crippen molar-refractivity contribution in [2.24, 2.45) is 10.7 Å². The van der Waals surface area contributed by atoms with Crippen LogP contribution in [0, 0.1) is 11.3 Å². The van der Waals surface area contributed by atoms with Crippen molar-refractivity contribution in [2.45, 2.75) is 18.9 Å². The van der Waals surface area contributed by atoms with Gasteiger partial charge in [-0.3, -0.25) is 0 Å². The van der Waals surface area contributed by atoms with Gasteiger partial charge < -0.3 is 15.5 Å². The Morgan fingerprint density at radius 2 is 2.30 bits per heavy atom. The molecule has 1 fully saturated rings. The molecule has 0 aliphatic carbocycles. The van der Waals surface area contributed by atoms with E-state index in [1.54, 1.807) is 6.34 Å². The fourth-order valence-electron chi connectivity index (χ4n) is 2.35. The predicted molar refractivity (Wildman–Crippen MR) is 82.4 cm³/mol. The topological polar surface area (TPSA) is 68.7 Å². The molecule has 1 aliphatic rings. The van der Waals surface area contributed by atoms with Crippen molar-refractivity contribution in [3.8, 4) is 6.07 Å². The summed E-state index contributed by atoms with van der Waals surface area (Å²) in [5.74, 6) is 0. The summed E-state index contributed by atoms with van der Waals surface area (Å²) < 4.78 is 0. The summed E-state index contributed by atoms with van der Waals surface area (Å²) >= 11 is 0. The third-order valence-corrected chi connectivity index (χ3v) is 3.35. The molecule has 1 aromatic rings. The molecular formula is C15H21N5. The van der Waals surface area contributed by atoms with Gasteiger partial charge in [0.15, 0.2) is 0 Å². The van der Waals surface area contributed by atoms with E-state index in [0.717, 1.165) is 31.6 Å². The zero-order valence-electron chi connectivity index (χ0n) is 12.1. The number of aliphatic imine (C=N–C) groups is 1. The highest BCUT2D eigenvalue weighted by atomic mass is 15.1. The third kappa shape index (κ3) is 3.49. The van der Waals surface area contributed by atoms with Crippen LogP contribution in [0.5, 0.6) is 0 Å². The summed E-state index contributed by atoms with van der Waals surface area (Å²) in [6.07, 6.45) is 3.88.